The maximum atomic E-state index is 14.4. The lowest BCUT2D eigenvalue weighted by Crippen LogP contribution is -2.63. The zero-order valence-corrected chi connectivity index (χ0v) is 47.3. The van der Waals surface area contributed by atoms with E-state index in [1.165, 1.54) is 110 Å². The fourth-order valence-corrected chi connectivity index (χ4v) is 18.4. The number of nitrogens with one attached hydrogen (secondary N) is 2. The van der Waals surface area contributed by atoms with Gasteiger partial charge in [0.15, 0.2) is 5.65 Å². The second-order valence-electron chi connectivity index (χ2n) is 25.3. The van der Waals surface area contributed by atoms with Crippen molar-refractivity contribution in [3.63, 3.8) is 0 Å². The third-order valence-corrected chi connectivity index (χ3v) is 22.2. The Balaban J connectivity index is 0.607. The molecule has 6 fully saturated rings. The lowest BCUT2D eigenvalue weighted by atomic mass is 9.65. The van der Waals surface area contributed by atoms with E-state index in [0.717, 1.165) is 92.9 Å². The number of nitrogens with zero attached hydrogens (tertiary/aromatic N) is 10. The largest absolute Gasteiger partial charge is 0.354 e. The Kier molecular flexibility index (Phi) is 11.8. The van der Waals surface area contributed by atoms with Gasteiger partial charge < -0.3 is 19.8 Å². The number of aryl methyl sites for hydroxylation is 2. The summed E-state index contributed by atoms with van der Waals surface area (Å²) in [5.41, 5.74) is 14.9. The highest BCUT2D eigenvalue weighted by molar-refractivity contribution is 7.19. The smallest absolute Gasteiger partial charge is 0.269 e. The maximum absolute atomic E-state index is 14.4. The van der Waals surface area contributed by atoms with Gasteiger partial charge in [0, 0.05) is 81.3 Å². The molecule has 0 aromatic carbocycles. The average molecular weight is 1060 g/mol. The third kappa shape index (κ3) is 8.02. The van der Waals surface area contributed by atoms with Gasteiger partial charge in [-0.15, -0.1) is 22.7 Å². The van der Waals surface area contributed by atoms with Crippen LogP contribution in [0.3, 0.4) is 0 Å². The van der Waals surface area contributed by atoms with E-state index in [4.69, 9.17) is 5.10 Å². The van der Waals surface area contributed by atoms with Crippen molar-refractivity contribution in [1.29, 1.82) is 0 Å². The van der Waals surface area contributed by atoms with Crippen molar-refractivity contribution < 1.29 is 14.2 Å². The number of hydrogen-bond acceptors (Lipinski definition) is 9. The van der Waals surface area contributed by atoms with Gasteiger partial charge in [-0.2, -0.15) is 5.10 Å². The summed E-state index contributed by atoms with van der Waals surface area (Å²) in [5.74, 6) is 2.58. The van der Waals surface area contributed by atoms with Crippen LogP contribution in [0.1, 0.15) is 160 Å². The van der Waals surface area contributed by atoms with Crippen molar-refractivity contribution in [3.8, 4) is 22.5 Å². The Labute approximate surface area is 453 Å². The summed E-state index contributed by atoms with van der Waals surface area (Å²) in [6, 6.07) is 9.46. The number of aromatic amines is 2. The zero-order valence-electron chi connectivity index (χ0n) is 45.6. The molecule has 6 aliphatic rings. The fourth-order valence-electron chi connectivity index (χ4n) is 15.4. The predicted molar refractivity (Wildman–Crippen MR) is 302 cm³/mol. The van der Waals surface area contributed by atoms with Crippen molar-refractivity contribution in [1.82, 2.24) is 53.8 Å². The van der Waals surface area contributed by atoms with Gasteiger partial charge in [0.25, 0.3) is 12.0 Å². The molecule has 2 N–H and O–H groups in total. The van der Waals surface area contributed by atoms with E-state index < -0.39 is 0 Å². The maximum Gasteiger partial charge on any atom is 0.269 e. The van der Waals surface area contributed by atoms with Crippen molar-refractivity contribution >= 4 is 66.2 Å². The molecule has 16 heteroatoms. The molecule has 2 atom stereocenters. The number of fused-ring (bicyclic) bond motifs is 4. The van der Waals surface area contributed by atoms with Crippen LogP contribution in [0.15, 0.2) is 49.3 Å². The summed E-state index contributed by atoms with van der Waals surface area (Å²) in [6.07, 6.45) is 21.6. The molecule has 8 aromatic heterocycles. The SMILES string of the molecule is Cc1cc(-c2[nH]c3cc(C4CCC5(CC4)CN(C(=O)[C@@H]4CCCN4C[n+]4cnn6cc(-c7[nH]c8cc(C9CCC%10(CC9)CN(C(=O)[C@H]9CCCN9C)C%10)sc8c7C(C)C)cc(C)c64)C5)sc3c2C(C)C)cn2ncnc12. The van der Waals surface area contributed by atoms with Gasteiger partial charge in [0.05, 0.1) is 43.9 Å². The van der Waals surface area contributed by atoms with Gasteiger partial charge in [-0.3, -0.25) is 19.4 Å². The van der Waals surface area contributed by atoms with Gasteiger partial charge in [-0.25, -0.2) is 14.1 Å². The van der Waals surface area contributed by atoms with E-state index >= 15 is 0 Å². The number of hydrogen-bond donors (Lipinski definition) is 2. The molecular formula is C60H75N12O2S2+. The molecule has 2 saturated carbocycles. The van der Waals surface area contributed by atoms with Crippen molar-refractivity contribution in [2.24, 2.45) is 10.8 Å². The van der Waals surface area contributed by atoms with Crippen LogP contribution in [-0.4, -0.2) is 124 Å². The lowest BCUT2D eigenvalue weighted by Gasteiger charge is -2.54. The highest BCUT2D eigenvalue weighted by atomic mass is 32.1. The number of thiophene rings is 2. The molecule has 0 radical (unpaired) electrons. The molecule has 4 aliphatic heterocycles. The molecule has 14 nitrogen and oxygen atoms in total. The third-order valence-electron chi connectivity index (χ3n) is 19.5. The zero-order chi connectivity index (χ0) is 51.9. The highest BCUT2D eigenvalue weighted by Crippen LogP contribution is 2.53. The summed E-state index contributed by atoms with van der Waals surface area (Å²) < 4.78 is 8.97. The first-order valence-corrected chi connectivity index (χ1v) is 30.3. The number of H-pyrrole nitrogens is 2. The van der Waals surface area contributed by atoms with Crippen LogP contribution in [0.25, 0.3) is 54.2 Å². The first-order chi connectivity index (χ1) is 36.7. The van der Waals surface area contributed by atoms with E-state index in [9.17, 15) is 9.59 Å². The van der Waals surface area contributed by atoms with Crippen LogP contribution in [0.2, 0.25) is 0 Å². The van der Waals surface area contributed by atoms with Crippen LogP contribution in [0.4, 0.5) is 0 Å². The Morgan fingerprint density at radius 1 is 0.684 bits per heavy atom. The molecule has 2 aliphatic carbocycles. The van der Waals surface area contributed by atoms with Gasteiger partial charge >= 0.3 is 0 Å². The molecule has 14 rings (SSSR count). The molecule has 2 spiro atoms. The topological polar surface area (TPSA) is 130 Å². The van der Waals surface area contributed by atoms with E-state index in [-0.39, 0.29) is 17.5 Å². The Hall–Kier alpha value is -5.42. The summed E-state index contributed by atoms with van der Waals surface area (Å²) in [6.45, 7) is 19.9. The summed E-state index contributed by atoms with van der Waals surface area (Å²) in [5, 5.41) is 9.39. The molecule has 4 saturated heterocycles. The Morgan fingerprint density at radius 3 is 1.76 bits per heavy atom. The van der Waals surface area contributed by atoms with Gasteiger partial charge in [0.2, 0.25) is 11.8 Å². The van der Waals surface area contributed by atoms with Gasteiger partial charge in [0.1, 0.15) is 19.2 Å². The van der Waals surface area contributed by atoms with Crippen molar-refractivity contribution in [3.05, 3.63) is 81.3 Å². The average Bonchev–Trinajstić information content (AvgIpc) is 4.33. The van der Waals surface area contributed by atoms with Crippen LogP contribution in [0, 0.1) is 24.7 Å². The van der Waals surface area contributed by atoms with Crippen LogP contribution in [-0.2, 0) is 16.3 Å². The van der Waals surface area contributed by atoms with Crippen LogP contribution in [0.5, 0.6) is 0 Å². The number of likely N-dealkylation sites (N-methyl/N-ethyl adjacent to an activating group) is 1. The molecule has 12 heterocycles. The molecule has 76 heavy (non-hydrogen) atoms. The Bertz CT molecular complexity index is 3550. The minimum absolute atomic E-state index is 0.0880. The summed E-state index contributed by atoms with van der Waals surface area (Å²) >= 11 is 3.99. The monoisotopic (exact) mass is 1060 g/mol. The minimum atomic E-state index is -0.0880. The first-order valence-electron chi connectivity index (χ1n) is 28.7. The van der Waals surface area contributed by atoms with E-state index in [1.807, 2.05) is 33.5 Å². The number of aromatic nitrogens is 8. The molecular weight excluding hydrogens is 985 g/mol. The number of carbonyl (C=O) groups excluding carboxylic acids is 2. The second-order valence-corrected chi connectivity index (χ2v) is 27.5. The number of likely N-dealkylation sites (tertiary alicyclic amines) is 4. The lowest BCUT2D eigenvalue weighted by molar-refractivity contribution is -0.692. The van der Waals surface area contributed by atoms with E-state index in [1.54, 1.807) is 6.33 Å². The van der Waals surface area contributed by atoms with Gasteiger partial charge in [-0.05, 0) is 169 Å². The second kappa shape index (κ2) is 18.3. The van der Waals surface area contributed by atoms with Crippen molar-refractivity contribution in [2.45, 2.75) is 161 Å². The molecule has 8 aromatic rings. The Morgan fingerprint density at radius 2 is 1.21 bits per heavy atom. The summed E-state index contributed by atoms with van der Waals surface area (Å²) in [7, 11) is 2.11. The molecule has 0 unspecified atom stereocenters. The quantitative estimate of drug-likeness (QED) is 0.130. The number of amides is 2. The normalized spacial score (nSPS) is 23.3. The summed E-state index contributed by atoms with van der Waals surface area (Å²) in [4.78, 5) is 51.8. The van der Waals surface area contributed by atoms with Gasteiger partial charge in [-0.1, -0.05) is 32.2 Å². The number of rotatable bonds is 10. The predicted octanol–water partition coefficient (Wildman–Crippen LogP) is 11.1. The van der Waals surface area contributed by atoms with Crippen LogP contribution < -0.4 is 4.57 Å². The minimum Gasteiger partial charge on any atom is -0.354 e. The molecule has 398 valence electrons. The fraction of sp³-hybridized carbons (Fsp3) is 0.567. The van der Waals surface area contributed by atoms with Crippen LogP contribution >= 0.6 is 22.7 Å². The van der Waals surface area contributed by atoms with Crippen molar-refractivity contribution in [2.75, 3.05) is 46.3 Å². The van der Waals surface area contributed by atoms with E-state index in [2.05, 4.69) is 134 Å². The molecule has 2 amide bonds. The highest BCUT2D eigenvalue weighted by Gasteiger charge is 2.51. The first kappa shape index (κ1) is 48.9. The standard InChI is InChI=1S/C60H75N12O2S2/c1-35(2)49-51(41-22-37(5)55-61-32-62-71(55)26-41)64-43-24-47(75-53(43)49)40-14-18-60(19-15-40)30-69(31-60)58(74)46-11-9-21-67(46)34-70-33-63-72-27-42(23-38(6)56(70)72)52-50(36(3)4)54-44(65-52)25-48(76-54)39-12-16-59(17-13-39)28-68(29-59)57(73)45-10-8-20-66(45)7/h22-27,32-33,35-36,39-40,45-46,64-65H,8-21,28-31,34H2,1-7H3/q+1/t45-,46+/m1/s1. The number of pyridine rings is 2. The number of carbonyl (C=O) groups is 2. The van der Waals surface area contributed by atoms with E-state index in [0.29, 0.717) is 47.6 Å². The molecule has 0 bridgehead atoms.